The van der Waals surface area contributed by atoms with Crippen molar-refractivity contribution >= 4 is 29.8 Å². The van der Waals surface area contributed by atoms with Gasteiger partial charge in [0.25, 0.3) is 0 Å². The first kappa shape index (κ1) is 41.0. The maximum absolute atomic E-state index is 10.8. The summed E-state index contributed by atoms with van der Waals surface area (Å²) in [5.74, 6) is -7.67. The van der Waals surface area contributed by atoms with Crippen LogP contribution in [0.3, 0.4) is 0 Å². The molecule has 0 bridgehead atoms. The van der Waals surface area contributed by atoms with Crippen LogP contribution in [0.5, 0.6) is 0 Å². The van der Waals surface area contributed by atoms with Gasteiger partial charge in [0.1, 0.15) is 0 Å². The molecule has 167 valence electrons. The van der Waals surface area contributed by atoms with Crippen molar-refractivity contribution in [3.05, 3.63) is 0 Å². The molecule has 17 heteroatoms. The van der Waals surface area contributed by atoms with E-state index in [1.807, 2.05) is 0 Å². The van der Waals surface area contributed by atoms with Crippen molar-refractivity contribution in [3.63, 3.8) is 0 Å². The monoisotopic (exact) mass is 508 g/mol. The number of nitrogens with zero attached hydrogens (tertiary/aromatic N) is 3. The van der Waals surface area contributed by atoms with Crippen molar-refractivity contribution in [1.82, 2.24) is 14.7 Å². The molecule has 1 radical (unpaired) electrons. The fourth-order valence-corrected chi connectivity index (χ4v) is 2.18. The molecule has 0 aromatic carbocycles. The molecule has 0 heterocycles. The van der Waals surface area contributed by atoms with E-state index in [9.17, 15) is 49.5 Å². The molecule has 0 unspecified atom stereocenters. The van der Waals surface area contributed by atoms with Crippen LogP contribution < -0.4 is 84.6 Å². The smallest absolute Gasteiger partial charge is 0.549 e. The summed E-state index contributed by atoms with van der Waals surface area (Å²) < 4.78 is 0. The predicted octanol–water partition coefficient (Wildman–Crippen LogP) is -16.2. The fraction of sp³-hybridized carbons (Fsp3) is 0.643. The number of carboxylic acid groups (broad SMARTS) is 5. The molecular weight excluding hydrogens is 488 g/mol. The van der Waals surface area contributed by atoms with Gasteiger partial charge in [0, 0.05) is 58.9 Å². The molecule has 0 rings (SSSR count). The largest absolute Gasteiger partial charge is 3.00 e. The Morgan fingerprint density at radius 1 is 0.452 bits per heavy atom. The van der Waals surface area contributed by atoms with Crippen molar-refractivity contribution in [2.75, 3.05) is 58.9 Å². The Bertz CT molecular complexity index is 500. The second-order valence-corrected chi connectivity index (χ2v) is 5.56. The average molecular weight is 508 g/mol. The van der Waals surface area contributed by atoms with E-state index < -0.39 is 62.6 Å². The molecule has 0 atom stereocenters. The van der Waals surface area contributed by atoms with E-state index in [0.29, 0.717) is 0 Å². The van der Waals surface area contributed by atoms with Crippen LogP contribution in [0, 0.1) is 0 Å². The summed E-state index contributed by atoms with van der Waals surface area (Å²) in [7, 11) is 0. The SMILES string of the molecule is O.O=C([O-])CN(CCN(CC(=O)[O-])CC(=O)[O-])CCN(CC(=O)[O-])CC(=O)[O-].[Fe+3].[Na+].[Na+]. The molecule has 0 fully saturated rings. The molecule has 0 aliphatic heterocycles. The van der Waals surface area contributed by atoms with Gasteiger partial charge in [0.2, 0.25) is 0 Å². The van der Waals surface area contributed by atoms with Gasteiger partial charge < -0.3 is 55.0 Å². The summed E-state index contributed by atoms with van der Waals surface area (Å²) in [5.41, 5.74) is 0. The third-order valence-electron chi connectivity index (χ3n) is 3.23. The average Bonchev–Trinajstić information content (AvgIpc) is 2.46. The molecule has 0 amide bonds. The van der Waals surface area contributed by atoms with Crippen LogP contribution in [0.1, 0.15) is 0 Å². The third kappa shape index (κ3) is 25.8. The molecular formula is C14H20FeN3Na2O11. The summed E-state index contributed by atoms with van der Waals surface area (Å²) in [4.78, 5) is 56.4. The van der Waals surface area contributed by atoms with E-state index in [1.165, 1.54) is 4.90 Å². The van der Waals surface area contributed by atoms with Gasteiger partial charge in [-0.3, -0.25) is 14.7 Å². The van der Waals surface area contributed by atoms with E-state index in [4.69, 9.17) is 0 Å². The van der Waals surface area contributed by atoms with E-state index in [0.717, 1.165) is 9.80 Å². The number of carboxylic acids is 5. The minimum atomic E-state index is -1.54. The van der Waals surface area contributed by atoms with E-state index in [2.05, 4.69) is 0 Å². The Morgan fingerprint density at radius 3 is 0.806 bits per heavy atom. The third-order valence-corrected chi connectivity index (χ3v) is 3.23. The van der Waals surface area contributed by atoms with E-state index >= 15 is 0 Å². The number of carbonyl (C=O) groups excluding carboxylic acids is 5. The Kier molecular flexibility index (Phi) is 30.3. The Labute approximate surface area is 232 Å². The van der Waals surface area contributed by atoms with Crippen molar-refractivity contribution in [3.8, 4) is 0 Å². The first-order valence-electron chi connectivity index (χ1n) is 7.66. The fourth-order valence-electron chi connectivity index (χ4n) is 2.18. The molecule has 0 saturated carbocycles. The van der Waals surface area contributed by atoms with Gasteiger partial charge in [-0.15, -0.1) is 0 Å². The van der Waals surface area contributed by atoms with Crippen molar-refractivity contribution in [2.45, 2.75) is 0 Å². The summed E-state index contributed by atoms with van der Waals surface area (Å²) in [6.07, 6.45) is 0. The number of hydrogen-bond acceptors (Lipinski definition) is 13. The zero-order chi connectivity index (χ0) is 21.0. The molecule has 0 aliphatic rings. The van der Waals surface area contributed by atoms with Crippen LogP contribution in [-0.2, 0) is 41.0 Å². The van der Waals surface area contributed by atoms with Crippen LogP contribution in [0.25, 0.3) is 0 Å². The van der Waals surface area contributed by atoms with Crippen molar-refractivity contribution in [1.29, 1.82) is 0 Å². The van der Waals surface area contributed by atoms with Gasteiger partial charge in [-0.2, -0.15) is 0 Å². The van der Waals surface area contributed by atoms with E-state index in [1.54, 1.807) is 0 Å². The summed E-state index contributed by atoms with van der Waals surface area (Å²) in [6, 6.07) is 0. The predicted molar refractivity (Wildman–Crippen MR) is 78.0 cm³/mol. The zero-order valence-electron chi connectivity index (χ0n) is 17.1. The Balaban J connectivity index is -0.000000563. The van der Waals surface area contributed by atoms with Crippen LogP contribution in [0.15, 0.2) is 0 Å². The summed E-state index contributed by atoms with van der Waals surface area (Å²) in [6.45, 7) is -4.16. The van der Waals surface area contributed by atoms with Gasteiger partial charge in [0.05, 0.1) is 29.8 Å². The number of hydrogen-bond donors (Lipinski definition) is 0. The van der Waals surface area contributed by atoms with Gasteiger partial charge in [0.15, 0.2) is 0 Å². The number of carbonyl (C=O) groups is 5. The van der Waals surface area contributed by atoms with Gasteiger partial charge >= 0.3 is 76.2 Å². The van der Waals surface area contributed by atoms with Crippen LogP contribution in [-0.4, -0.2) is 109 Å². The molecule has 0 aromatic rings. The minimum Gasteiger partial charge on any atom is -0.549 e. The van der Waals surface area contributed by atoms with Gasteiger partial charge in [-0.25, -0.2) is 0 Å². The van der Waals surface area contributed by atoms with Gasteiger partial charge in [-0.1, -0.05) is 0 Å². The Hall–Kier alpha value is -0.291. The van der Waals surface area contributed by atoms with Crippen molar-refractivity contribution < 1.29 is 131 Å². The van der Waals surface area contributed by atoms with Crippen molar-refractivity contribution in [2.24, 2.45) is 0 Å². The summed E-state index contributed by atoms with van der Waals surface area (Å²) >= 11 is 0. The molecule has 0 aromatic heterocycles. The van der Waals surface area contributed by atoms with Crippen LogP contribution in [0.4, 0.5) is 0 Å². The second-order valence-electron chi connectivity index (χ2n) is 5.56. The zero-order valence-corrected chi connectivity index (χ0v) is 22.2. The molecule has 31 heavy (non-hydrogen) atoms. The van der Waals surface area contributed by atoms with E-state index in [-0.39, 0.29) is 108 Å². The molecule has 2 N–H and O–H groups in total. The number of rotatable bonds is 16. The first-order valence-corrected chi connectivity index (χ1v) is 7.66. The number of aliphatic carboxylic acids is 5. The van der Waals surface area contributed by atoms with Crippen LogP contribution in [0.2, 0.25) is 0 Å². The second kappa shape index (κ2) is 22.9. The maximum atomic E-state index is 10.8. The Morgan fingerprint density at radius 2 is 0.613 bits per heavy atom. The molecule has 0 spiro atoms. The minimum absolute atomic E-state index is 0. The molecule has 0 aliphatic carbocycles. The van der Waals surface area contributed by atoms with Crippen LogP contribution >= 0.6 is 0 Å². The topological polar surface area (TPSA) is 242 Å². The van der Waals surface area contributed by atoms with Gasteiger partial charge in [-0.05, 0) is 0 Å². The first-order chi connectivity index (χ1) is 12.5. The normalized spacial score (nSPS) is 9.65. The quantitative estimate of drug-likeness (QED) is 0.176. The maximum Gasteiger partial charge on any atom is 3.00 e. The molecule has 0 saturated heterocycles. The standard InChI is InChI=1S/C14H23N3O10.Fe.2Na.H2O/c18-10(19)5-15(1-3-16(6-11(20)21)7-12(22)23)2-4-17(8-13(24)25)9-14(26)27;;;;/h1-9H2,(H,18,19)(H,20,21)(H,22,23)(H,24,25)(H,26,27);;;;1H2/q;+3;2*+1;/p-5. The summed E-state index contributed by atoms with van der Waals surface area (Å²) in [5, 5.41) is 53.3. The molecule has 14 nitrogen and oxygen atoms in total.